The Labute approximate surface area is 179 Å². The third-order valence-electron chi connectivity index (χ3n) is 5.24. The molecular formula is C21H23F2N3O4S. The Hall–Kier alpha value is -2.85. The van der Waals surface area contributed by atoms with Gasteiger partial charge in [-0.15, -0.1) is 0 Å². The van der Waals surface area contributed by atoms with Gasteiger partial charge in [0.05, 0.1) is 11.4 Å². The molecule has 3 rings (SSSR count). The summed E-state index contributed by atoms with van der Waals surface area (Å²) in [5, 5.41) is 2.57. The quantitative estimate of drug-likeness (QED) is 0.684. The van der Waals surface area contributed by atoms with Gasteiger partial charge in [-0.1, -0.05) is 6.07 Å². The van der Waals surface area contributed by atoms with Crippen molar-refractivity contribution in [3.8, 4) is 0 Å². The molecular weight excluding hydrogens is 428 g/mol. The summed E-state index contributed by atoms with van der Waals surface area (Å²) in [6, 6.07) is 8.53. The van der Waals surface area contributed by atoms with Gasteiger partial charge in [-0.3, -0.25) is 0 Å². The zero-order chi connectivity index (χ0) is 22.6. The summed E-state index contributed by atoms with van der Waals surface area (Å²) >= 11 is 0. The third kappa shape index (κ3) is 5.26. The minimum Gasteiger partial charge on any atom is -0.323 e. The van der Waals surface area contributed by atoms with E-state index < -0.39 is 27.7 Å². The fourth-order valence-corrected chi connectivity index (χ4v) is 4.79. The average Bonchev–Trinajstić information content (AvgIpc) is 2.76. The number of nitrogens with zero attached hydrogens (tertiary/aromatic N) is 2. The molecule has 2 aromatic carbocycles. The molecule has 0 atom stereocenters. The Morgan fingerprint density at radius 2 is 1.71 bits per heavy atom. The summed E-state index contributed by atoms with van der Waals surface area (Å²) in [5.74, 6) is -1.60. The van der Waals surface area contributed by atoms with Crippen LogP contribution >= 0.6 is 0 Å². The number of sulfonamides is 1. The number of benzene rings is 2. The highest BCUT2D eigenvalue weighted by molar-refractivity contribution is 7.89. The van der Waals surface area contributed by atoms with Crippen LogP contribution in [0.5, 0.6) is 0 Å². The van der Waals surface area contributed by atoms with Crippen LogP contribution in [0.4, 0.5) is 19.3 Å². The van der Waals surface area contributed by atoms with Gasteiger partial charge in [0.1, 0.15) is 17.9 Å². The van der Waals surface area contributed by atoms with Crippen molar-refractivity contribution in [2.24, 2.45) is 5.92 Å². The number of piperidine rings is 1. The highest BCUT2D eigenvalue weighted by atomic mass is 32.2. The van der Waals surface area contributed by atoms with E-state index in [0.29, 0.717) is 18.5 Å². The predicted molar refractivity (Wildman–Crippen MR) is 111 cm³/mol. The maximum absolute atomic E-state index is 13.8. The van der Waals surface area contributed by atoms with Crippen LogP contribution in [0.3, 0.4) is 0 Å². The van der Waals surface area contributed by atoms with Gasteiger partial charge in [0, 0.05) is 37.3 Å². The van der Waals surface area contributed by atoms with Crippen LogP contribution < -0.4 is 5.32 Å². The van der Waals surface area contributed by atoms with Gasteiger partial charge in [0.15, 0.2) is 0 Å². The van der Waals surface area contributed by atoms with Crippen molar-refractivity contribution < 1.29 is 26.8 Å². The summed E-state index contributed by atoms with van der Waals surface area (Å²) in [5.41, 5.74) is 0.115. The van der Waals surface area contributed by atoms with E-state index in [0.717, 1.165) is 23.3 Å². The lowest BCUT2D eigenvalue weighted by molar-refractivity contribution is -0.112. The van der Waals surface area contributed by atoms with Crippen molar-refractivity contribution >= 4 is 28.0 Å². The van der Waals surface area contributed by atoms with E-state index in [4.69, 9.17) is 0 Å². The van der Waals surface area contributed by atoms with Crippen LogP contribution in [0.25, 0.3) is 0 Å². The van der Waals surface area contributed by atoms with E-state index in [-0.39, 0.29) is 36.0 Å². The number of rotatable bonds is 6. The van der Waals surface area contributed by atoms with Gasteiger partial charge >= 0.3 is 6.03 Å². The highest BCUT2D eigenvalue weighted by Crippen LogP contribution is 2.24. The molecule has 1 aliphatic heterocycles. The lowest BCUT2D eigenvalue weighted by atomic mass is 10.0. The summed E-state index contributed by atoms with van der Waals surface area (Å²) in [6.45, 7) is 0.288. The monoisotopic (exact) mass is 451 g/mol. The molecule has 0 spiro atoms. The van der Waals surface area contributed by atoms with Crippen LogP contribution in [0.15, 0.2) is 47.4 Å². The van der Waals surface area contributed by atoms with Crippen molar-refractivity contribution in [1.82, 2.24) is 9.21 Å². The van der Waals surface area contributed by atoms with Crippen molar-refractivity contribution in [3.05, 3.63) is 59.7 Å². The first kappa shape index (κ1) is 22.8. The van der Waals surface area contributed by atoms with Crippen molar-refractivity contribution in [3.63, 3.8) is 0 Å². The second-order valence-corrected chi connectivity index (χ2v) is 9.33. The minimum atomic E-state index is -3.69. The number of anilines is 1. The second kappa shape index (κ2) is 9.52. The number of nitrogens with one attached hydrogen (secondary N) is 1. The number of aldehydes is 1. The molecule has 0 saturated carbocycles. The predicted octanol–water partition coefficient (Wildman–Crippen LogP) is 3.23. The Kier molecular flexibility index (Phi) is 7.01. The fraction of sp³-hybridized carbons (Fsp3) is 0.333. The maximum Gasteiger partial charge on any atom is 0.321 e. The molecule has 1 heterocycles. The van der Waals surface area contributed by atoms with Gasteiger partial charge < -0.3 is 15.0 Å². The van der Waals surface area contributed by atoms with Gasteiger partial charge in [-0.05, 0) is 49.2 Å². The third-order valence-corrected chi connectivity index (χ3v) is 7.15. The number of urea groups is 1. The lowest BCUT2D eigenvalue weighted by Crippen LogP contribution is -2.38. The molecule has 7 nitrogen and oxygen atoms in total. The Balaban J connectivity index is 1.63. The van der Waals surface area contributed by atoms with E-state index in [1.54, 1.807) is 0 Å². The fourth-order valence-electron chi connectivity index (χ4n) is 3.32. The zero-order valence-electron chi connectivity index (χ0n) is 16.9. The van der Waals surface area contributed by atoms with E-state index in [1.165, 1.54) is 41.7 Å². The molecule has 1 aliphatic rings. The van der Waals surface area contributed by atoms with Crippen LogP contribution in [0, 0.1) is 17.6 Å². The molecule has 31 heavy (non-hydrogen) atoms. The van der Waals surface area contributed by atoms with Crippen LogP contribution in [-0.4, -0.2) is 50.1 Å². The SMILES string of the molecule is CN(Cc1c(F)cccc1F)C(=O)Nc1ccc(S(=O)(=O)N2CCC(C=O)CC2)cc1. The van der Waals surface area contributed by atoms with E-state index in [2.05, 4.69) is 5.32 Å². The van der Waals surface area contributed by atoms with Crippen molar-refractivity contribution in [1.29, 1.82) is 0 Å². The molecule has 0 aromatic heterocycles. The van der Waals surface area contributed by atoms with E-state index in [9.17, 15) is 26.8 Å². The molecule has 0 aliphatic carbocycles. The topological polar surface area (TPSA) is 86.8 Å². The Morgan fingerprint density at radius 1 is 1.13 bits per heavy atom. The lowest BCUT2D eigenvalue weighted by Gasteiger charge is -2.28. The van der Waals surface area contributed by atoms with Crippen LogP contribution in [-0.2, 0) is 21.4 Å². The van der Waals surface area contributed by atoms with E-state index >= 15 is 0 Å². The standard InChI is InChI=1S/C21H23F2N3O4S/c1-25(13-18-19(22)3-2-4-20(18)23)21(28)24-16-5-7-17(8-6-16)31(29,30)26-11-9-15(14-27)10-12-26/h2-8,14-15H,9-13H2,1H3,(H,24,28). The summed E-state index contributed by atoms with van der Waals surface area (Å²) in [6.07, 6.45) is 1.84. The van der Waals surface area contributed by atoms with E-state index in [1.807, 2.05) is 0 Å². The summed E-state index contributed by atoms with van der Waals surface area (Å²) in [4.78, 5) is 24.4. The van der Waals surface area contributed by atoms with Gasteiger partial charge in [-0.25, -0.2) is 22.0 Å². The summed E-state index contributed by atoms with van der Waals surface area (Å²) < 4.78 is 54.4. The molecule has 1 saturated heterocycles. The molecule has 2 aromatic rings. The van der Waals surface area contributed by atoms with Crippen LogP contribution in [0.2, 0.25) is 0 Å². The normalized spacial score (nSPS) is 15.5. The molecule has 0 unspecified atom stereocenters. The number of hydrogen-bond donors (Lipinski definition) is 1. The van der Waals surface area contributed by atoms with Gasteiger partial charge in [0.25, 0.3) is 0 Å². The molecule has 1 N–H and O–H groups in total. The highest BCUT2D eigenvalue weighted by Gasteiger charge is 2.29. The number of carbonyl (C=O) groups excluding carboxylic acids is 2. The maximum atomic E-state index is 13.8. The molecule has 0 bridgehead atoms. The number of carbonyl (C=O) groups is 2. The summed E-state index contributed by atoms with van der Waals surface area (Å²) in [7, 11) is -2.30. The second-order valence-electron chi connectivity index (χ2n) is 7.39. The molecule has 166 valence electrons. The first-order chi connectivity index (χ1) is 14.7. The Morgan fingerprint density at radius 3 is 2.26 bits per heavy atom. The van der Waals surface area contributed by atoms with Crippen molar-refractivity contribution in [2.75, 3.05) is 25.5 Å². The van der Waals surface area contributed by atoms with Crippen LogP contribution in [0.1, 0.15) is 18.4 Å². The Bertz CT molecular complexity index is 1030. The largest absolute Gasteiger partial charge is 0.323 e. The zero-order valence-corrected chi connectivity index (χ0v) is 17.7. The minimum absolute atomic E-state index is 0.0804. The first-order valence-electron chi connectivity index (χ1n) is 9.73. The first-order valence-corrected chi connectivity index (χ1v) is 11.2. The number of amides is 2. The molecule has 0 radical (unpaired) electrons. The van der Waals surface area contributed by atoms with Crippen molar-refractivity contribution in [2.45, 2.75) is 24.3 Å². The van der Waals surface area contributed by atoms with Gasteiger partial charge in [-0.2, -0.15) is 4.31 Å². The smallest absolute Gasteiger partial charge is 0.321 e. The molecule has 10 heteroatoms. The average molecular weight is 451 g/mol. The molecule has 1 fully saturated rings. The number of halogens is 2. The number of hydrogen-bond acceptors (Lipinski definition) is 4. The van der Waals surface area contributed by atoms with Gasteiger partial charge in [0.2, 0.25) is 10.0 Å². The molecule has 2 amide bonds.